The highest BCUT2D eigenvalue weighted by Gasteiger charge is 2.42. The van der Waals surface area contributed by atoms with Crippen LogP contribution in [0.2, 0.25) is 0 Å². The van der Waals surface area contributed by atoms with Crippen molar-refractivity contribution in [1.29, 1.82) is 0 Å². The van der Waals surface area contributed by atoms with Gasteiger partial charge in [-0.25, -0.2) is 4.39 Å². The van der Waals surface area contributed by atoms with Crippen molar-refractivity contribution in [1.82, 2.24) is 5.32 Å². The number of ketones is 1. The van der Waals surface area contributed by atoms with Crippen LogP contribution in [0.5, 0.6) is 0 Å². The minimum Gasteiger partial charge on any atom is -0.309 e. The number of hydrogen-bond acceptors (Lipinski definition) is 2. The van der Waals surface area contributed by atoms with Gasteiger partial charge in [-0.15, -0.1) is 0 Å². The third-order valence-corrected chi connectivity index (χ3v) is 4.08. The van der Waals surface area contributed by atoms with Crippen molar-refractivity contribution in [2.75, 3.05) is 6.54 Å². The van der Waals surface area contributed by atoms with Gasteiger partial charge < -0.3 is 5.32 Å². The molecule has 0 radical (unpaired) electrons. The van der Waals surface area contributed by atoms with E-state index >= 15 is 0 Å². The predicted octanol–water partition coefficient (Wildman–Crippen LogP) is 2.46. The summed E-state index contributed by atoms with van der Waals surface area (Å²) in [6, 6.07) is 6.88. The van der Waals surface area contributed by atoms with Crippen LogP contribution in [0.25, 0.3) is 0 Å². The maximum absolute atomic E-state index is 13.2. The van der Waals surface area contributed by atoms with E-state index in [2.05, 4.69) is 5.32 Å². The van der Waals surface area contributed by atoms with Gasteiger partial charge in [0, 0.05) is 24.9 Å². The number of benzene rings is 1. The van der Waals surface area contributed by atoms with E-state index < -0.39 is 0 Å². The van der Waals surface area contributed by atoms with Gasteiger partial charge in [0.05, 0.1) is 0 Å². The maximum Gasteiger partial charge on any atom is 0.137 e. The van der Waals surface area contributed by atoms with Crippen LogP contribution in [-0.4, -0.2) is 12.3 Å². The first kappa shape index (κ1) is 10.9. The zero-order valence-corrected chi connectivity index (χ0v) is 9.66. The molecule has 0 bridgehead atoms. The van der Waals surface area contributed by atoms with Gasteiger partial charge in [0.25, 0.3) is 0 Å². The van der Waals surface area contributed by atoms with Gasteiger partial charge >= 0.3 is 0 Å². The van der Waals surface area contributed by atoms with Crippen LogP contribution in [0, 0.1) is 17.7 Å². The first-order chi connectivity index (χ1) is 8.25. The molecule has 0 spiro atoms. The van der Waals surface area contributed by atoms with E-state index in [1.807, 2.05) is 6.07 Å². The van der Waals surface area contributed by atoms with E-state index in [0.717, 1.165) is 31.4 Å². The first-order valence-corrected chi connectivity index (χ1v) is 6.27. The normalized spacial score (nSPS) is 32.5. The second kappa shape index (κ2) is 4.22. The Bertz CT molecular complexity index is 446. The molecule has 1 saturated heterocycles. The maximum atomic E-state index is 13.2. The SMILES string of the molecule is O=C1CCCC2C1CNC2c1cccc(F)c1. The lowest BCUT2D eigenvalue weighted by atomic mass is 9.76. The molecule has 1 saturated carbocycles. The molecule has 90 valence electrons. The molecule has 0 amide bonds. The zero-order chi connectivity index (χ0) is 11.8. The topological polar surface area (TPSA) is 29.1 Å². The molecule has 2 nitrogen and oxygen atoms in total. The van der Waals surface area contributed by atoms with E-state index in [1.165, 1.54) is 6.07 Å². The smallest absolute Gasteiger partial charge is 0.137 e. The molecular weight excluding hydrogens is 217 g/mol. The Morgan fingerprint density at radius 3 is 3.06 bits per heavy atom. The molecule has 1 aliphatic heterocycles. The van der Waals surface area contributed by atoms with Crippen LogP contribution in [0.3, 0.4) is 0 Å². The highest BCUT2D eigenvalue weighted by molar-refractivity contribution is 5.82. The summed E-state index contributed by atoms with van der Waals surface area (Å²) in [5.74, 6) is 0.692. The zero-order valence-electron chi connectivity index (χ0n) is 9.66. The Balaban J connectivity index is 1.88. The van der Waals surface area contributed by atoms with Crippen LogP contribution >= 0.6 is 0 Å². The fourth-order valence-corrected chi connectivity index (χ4v) is 3.27. The molecule has 0 aromatic heterocycles. The number of fused-ring (bicyclic) bond motifs is 1. The van der Waals surface area contributed by atoms with Crippen LogP contribution < -0.4 is 5.32 Å². The van der Waals surface area contributed by atoms with Gasteiger partial charge in [0.15, 0.2) is 0 Å². The molecular formula is C14H16FNO. The number of carbonyl (C=O) groups excluding carboxylic acids is 1. The fraction of sp³-hybridized carbons (Fsp3) is 0.500. The minimum atomic E-state index is -0.199. The Morgan fingerprint density at radius 2 is 2.24 bits per heavy atom. The van der Waals surface area contributed by atoms with E-state index in [9.17, 15) is 9.18 Å². The van der Waals surface area contributed by atoms with Crippen molar-refractivity contribution in [2.24, 2.45) is 11.8 Å². The van der Waals surface area contributed by atoms with E-state index in [4.69, 9.17) is 0 Å². The second-order valence-electron chi connectivity index (χ2n) is 5.07. The summed E-state index contributed by atoms with van der Waals surface area (Å²) >= 11 is 0. The summed E-state index contributed by atoms with van der Waals surface area (Å²) in [7, 11) is 0. The van der Waals surface area contributed by atoms with Crippen LogP contribution in [-0.2, 0) is 4.79 Å². The lowest BCUT2D eigenvalue weighted by Crippen LogP contribution is -2.27. The Hall–Kier alpha value is -1.22. The predicted molar refractivity (Wildman–Crippen MR) is 63.0 cm³/mol. The summed E-state index contributed by atoms with van der Waals surface area (Å²) < 4.78 is 13.2. The molecule has 3 heteroatoms. The van der Waals surface area contributed by atoms with Gasteiger partial charge in [-0.05, 0) is 36.5 Å². The molecule has 2 aliphatic rings. The summed E-state index contributed by atoms with van der Waals surface area (Å²) in [6.07, 6.45) is 2.77. The standard InChI is InChI=1S/C14H16FNO/c15-10-4-1-3-9(7-10)14-11-5-2-6-13(17)12(11)8-16-14/h1,3-4,7,11-12,14,16H,2,5-6,8H2. The average Bonchev–Trinajstić information content (AvgIpc) is 2.74. The fourth-order valence-electron chi connectivity index (χ4n) is 3.27. The van der Waals surface area contributed by atoms with Crippen molar-refractivity contribution in [3.05, 3.63) is 35.6 Å². The van der Waals surface area contributed by atoms with Gasteiger partial charge in [0.2, 0.25) is 0 Å². The van der Waals surface area contributed by atoms with Crippen LogP contribution in [0.4, 0.5) is 4.39 Å². The highest BCUT2D eigenvalue weighted by atomic mass is 19.1. The van der Waals surface area contributed by atoms with E-state index in [0.29, 0.717) is 11.7 Å². The summed E-state index contributed by atoms with van der Waals surface area (Å²) in [5.41, 5.74) is 0.979. The third kappa shape index (κ3) is 1.89. The van der Waals surface area contributed by atoms with Gasteiger partial charge in [0.1, 0.15) is 11.6 Å². The number of hydrogen-bond donors (Lipinski definition) is 1. The van der Waals surface area contributed by atoms with Crippen molar-refractivity contribution in [2.45, 2.75) is 25.3 Å². The van der Waals surface area contributed by atoms with Crippen molar-refractivity contribution < 1.29 is 9.18 Å². The largest absolute Gasteiger partial charge is 0.309 e. The van der Waals surface area contributed by atoms with Crippen LogP contribution in [0.1, 0.15) is 30.9 Å². The number of carbonyl (C=O) groups is 1. The van der Waals surface area contributed by atoms with Crippen molar-refractivity contribution in [3.8, 4) is 0 Å². The lowest BCUT2D eigenvalue weighted by molar-refractivity contribution is -0.125. The molecule has 3 rings (SSSR count). The Kier molecular flexibility index (Phi) is 2.71. The highest BCUT2D eigenvalue weighted by Crippen LogP contribution is 2.41. The van der Waals surface area contributed by atoms with Crippen molar-refractivity contribution in [3.63, 3.8) is 0 Å². The summed E-state index contributed by atoms with van der Waals surface area (Å²) in [4.78, 5) is 11.8. The van der Waals surface area contributed by atoms with Crippen LogP contribution in [0.15, 0.2) is 24.3 Å². The Labute approximate surface area is 100 Å². The quantitative estimate of drug-likeness (QED) is 0.807. The third-order valence-electron chi connectivity index (χ3n) is 4.08. The molecule has 1 aliphatic carbocycles. The van der Waals surface area contributed by atoms with Crippen molar-refractivity contribution >= 4 is 5.78 Å². The first-order valence-electron chi connectivity index (χ1n) is 6.27. The number of halogens is 1. The minimum absolute atomic E-state index is 0.150. The molecule has 17 heavy (non-hydrogen) atoms. The summed E-state index contributed by atoms with van der Waals surface area (Å²) in [6.45, 7) is 0.755. The lowest BCUT2D eigenvalue weighted by Gasteiger charge is -2.27. The summed E-state index contributed by atoms with van der Waals surface area (Å²) in [5, 5.41) is 3.39. The number of nitrogens with one attached hydrogen (secondary N) is 1. The number of rotatable bonds is 1. The monoisotopic (exact) mass is 233 g/mol. The van der Waals surface area contributed by atoms with E-state index in [1.54, 1.807) is 12.1 Å². The van der Waals surface area contributed by atoms with Gasteiger partial charge in [-0.2, -0.15) is 0 Å². The molecule has 1 aromatic rings. The molecule has 1 N–H and O–H groups in total. The molecule has 1 aromatic carbocycles. The van der Waals surface area contributed by atoms with E-state index in [-0.39, 0.29) is 17.8 Å². The molecule has 2 fully saturated rings. The average molecular weight is 233 g/mol. The van der Waals surface area contributed by atoms with Gasteiger partial charge in [-0.1, -0.05) is 12.1 Å². The molecule has 3 unspecified atom stereocenters. The second-order valence-corrected chi connectivity index (χ2v) is 5.07. The van der Waals surface area contributed by atoms with Gasteiger partial charge in [-0.3, -0.25) is 4.79 Å². The molecule has 1 heterocycles. The molecule has 3 atom stereocenters. The Morgan fingerprint density at radius 1 is 1.35 bits per heavy atom. The number of Topliss-reactive ketones (excluding diaryl/α,β-unsaturated/α-hetero) is 1.